The van der Waals surface area contributed by atoms with Crippen molar-refractivity contribution in [3.8, 4) is 17.0 Å². The quantitative estimate of drug-likeness (QED) is 0.504. The molecule has 0 atom stereocenters. The highest BCUT2D eigenvalue weighted by Gasteiger charge is 2.06. The Labute approximate surface area is 152 Å². The molecule has 1 N–H and O–H groups in total. The van der Waals surface area contributed by atoms with Crippen molar-refractivity contribution in [1.29, 1.82) is 0 Å². The van der Waals surface area contributed by atoms with Crippen LogP contribution in [0.25, 0.3) is 11.3 Å². The molecule has 0 bridgehead atoms. The van der Waals surface area contributed by atoms with Crippen LogP contribution >= 0.6 is 27.7 Å². The molecule has 1 aromatic heterocycles. The first-order chi connectivity index (χ1) is 11.6. The number of hydrogen-bond donors (Lipinski definition) is 1. The molecule has 4 nitrogen and oxygen atoms in total. The number of aromatic amines is 1. The van der Waals surface area contributed by atoms with Gasteiger partial charge in [-0.2, -0.15) is 0 Å². The van der Waals surface area contributed by atoms with Gasteiger partial charge in [-0.15, -0.1) is 0 Å². The monoisotopic (exact) mass is 402 g/mol. The normalized spacial score (nSPS) is 10.6. The van der Waals surface area contributed by atoms with Crippen molar-refractivity contribution in [2.45, 2.75) is 10.9 Å². The molecule has 3 rings (SSSR count). The number of halogens is 1. The average Bonchev–Trinajstić information content (AvgIpc) is 2.61. The van der Waals surface area contributed by atoms with E-state index >= 15 is 0 Å². The number of methoxy groups -OCH3 is 1. The average molecular weight is 403 g/mol. The van der Waals surface area contributed by atoms with E-state index in [4.69, 9.17) is 4.74 Å². The summed E-state index contributed by atoms with van der Waals surface area (Å²) in [4.78, 5) is 19.3. The molecule has 6 heteroatoms. The first kappa shape index (κ1) is 16.8. The molecule has 0 saturated heterocycles. The Kier molecular flexibility index (Phi) is 5.37. The Balaban J connectivity index is 1.80. The van der Waals surface area contributed by atoms with E-state index in [1.165, 1.54) is 23.4 Å². The summed E-state index contributed by atoms with van der Waals surface area (Å²) >= 11 is 4.92. The third-order valence-corrected chi connectivity index (χ3v) is 4.87. The van der Waals surface area contributed by atoms with Gasteiger partial charge in [0.05, 0.1) is 12.8 Å². The maximum Gasteiger partial charge on any atom is 0.252 e. The molecule has 0 fully saturated rings. The van der Waals surface area contributed by atoms with E-state index in [1.807, 2.05) is 48.5 Å². The summed E-state index contributed by atoms with van der Waals surface area (Å²) in [7, 11) is 1.62. The first-order valence-corrected chi connectivity index (χ1v) is 9.05. The summed E-state index contributed by atoms with van der Waals surface area (Å²) in [5.41, 5.74) is 2.54. The molecule has 0 amide bonds. The van der Waals surface area contributed by atoms with Crippen LogP contribution in [0, 0.1) is 0 Å². The van der Waals surface area contributed by atoms with Crippen molar-refractivity contribution >= 4 is 27.7 Å². The Morgan fingerprint density at radius 1 is 1.12 bits per heavy atom. The fourth-order valence-corrected chi connectivity index (χ4v) is 3.24. The molecule has 0 aliphatic carbocycles. The summed E-state index contributed by atoms with van der Waals surface area (Å²) in [5, 5.41) is 0.608. The van der Waals surface area contributed by atoms with Crippen LogP contribution in [0.15, 0.2) is 69.0 Å². The lowest BCUT2D eigenvalue weighted by Crippen LogP contribution is -2.08. The summed E-state index contributed by atoms with van der Waals surface area (Å²) < 4.78 is 6.20. The zero-order chi connectivity index (χ0) is 16.9. The van der Waals surface area contributed by atoms with Crippen molar-refractivity contribution in [2.24, 2.45) is 0 Å². The van der Waals surface area contributed by atoms with Gasteiger partial charge in [-0.25, -0.2) is 4.98 Å². The topological polar surface area (TPSA) is 55.0 Å². The van der Waals surface area contributed by atoms with Crippen LogP contribution in [-0.2, 0) is 5.75 Å². The second kappa shape index (κ2) is 7.68. The van der Waals surface area contributed by atoms with Gasteiger partial charge in [0.15, 0.2) is 5.16 Å². The third kappa shape index (κ3) is 4.27. The lowest BCUT2D eigenvalue weighted by Gasteiger charge is -2.06. The van der Waals surface area contributed by atoms with Crippen LogP contribution in [0.5, 0.6) is 5.75 Å². The van der Waals surface area contributed by atoms with Gasteiger partial charge in [-0.3, -0.25) is 4.79 Å². The van der Waals surface area contributed by atoms with Crippen molar-refractivity contribution in [1.82, 2.24) is 9.97 Å². The highest BCUT2D eigenvalue weighted by molar-refractivity contribution is 9.10. The Morgan fingerprint density at radius 2 is 1.83 bits per heavy atom. The van der Waals surface area contributed by atoms with Crippen molar-refractivity contribution in [2.75, 3.05) is 7.11 Å². The first-order valence-electron chi connectivity index (χ1n) is 7.27. The van der Waals surface area contributed by atoms with Crippen molar-refractivity contribution in [3.05, 3.63) is 75.0 Å². The molecular formula is C18H15BrN2O2S. The fourth-order valence-electron chi connectivity index (χ4n) is 2.15. The molecule has 0 aliphatic rings. The largest absolute Gasteiger partial charge is 0.497 e. The van der Waals surface area contributed by atoms with E-state index < -0.39 is 0 Å². The van der Waals surface area contributed by atoms with Crippen LogP contribution in [0.3, 0.4) is 0 Å². The Morgan fingerprint density at radius 3 is 2.50 bits per heavy atom. The second-order valence-corrected chi connectivity index (χ2v) is 6.96. The molecule has 2 aromatic carbocycles. The van der Waals surface area contributed by atoms with Crippen LogP contribution in [0.4, 0.5) is 0 Å². The number of thioether (sulfide) groups is 1. The number of hydrogen-bond acceptors (Lipinski definition) is 4. The lowest BCUT2D eigenvalue weighted by molar-refractivity contribution is 0.415. The summed E-state index contributed by atoms with van der Waals surface area (Å²) in [6.07, 6.45) is 0. The van der Waals surface area contributed by atoms with Crippen LogP contribution < -0.4 is 10.3 Å². The van der Waals surface area contributed by atoms with E-state index in [1.54, 1.807) is 7.11 Å². The third-order valence-electron chi connectivity index (χ3n) is 3.39. The number of rotatable bonds is 5. The smallest absolute Gasteiger partial charge is 0.252 e. The summed E-state index contributed by atoms with van der Waals surface area (Å²) in [5.74, 6) is 1.51. The zero-order valence-electron chi connectivity index (χ0n) is 13.0. The van der Waals surface area contributed by atoms with E-state index in [-0.39, 0.29) is 5.56 Å². The van der Waals surface area contributed by atoms with Gasteiger partial charge in [-0.1, -0.05) is 39.8 Å². The van der Waals surface area contributed by atoms with Crippen LogP contribution in [-0.4, -0.2) is 17.1 Å². The van der Waals surface area contributed by atoms with Gasteiger partial charge in [0.2, 0.25) is 0 Å². The molecule has 0 radical (unpaired) electrons. The number of ether oxygens (including phenoxy) is 1. The molecule has 24 heavy (non-hydrogen) atoms. The van der Waals surface area contributed by atoms with Gasteiger partial charge >= 0.3 is 0 Å². The minimum atomic E-state index is -0.158. The molecule has 0 aliphatic heterocycles. The fraction of sp³-hybridized carbons (Fsp3) is 0.111. The highest BCUT2D eigenvalue weighted by Crippen LogP contribution is 2.24. The molecule has 0 spiro atoms. The number of nitrogens with zero attached hydrogens (tertiary/aromatic N) is 1. The number of H-pyrrole nitrogens is 1. The van der Waals surface area contributed by atoms with E-state index in [0.717, 1.165) is 21.5 Å². The number of nitrogens with one attached hydrogen (secondary N) is 1. The molecular weight excluding hydrogens is 388 g/mol. The lowest BCUT2D eigenvalue weighted by atomic mass is 10.1. The zero-order valence-corrected chi connectivity index (χ0v) is 15.4. The van der Waals surface area contributed by atoms with Crippen molar-refractivity contribution < 1.29 is 4.74 Å². The SMILES string of the molecule is COc1ccc(-c2cc(=O)[nH]c(SCc3ccc(Br)cc3)n2)cc1. The summed E-state index contributed by atoms with van der Waals surface area (Å²) in [6, 6.07) is 17.1. The number of benzene rings is 2. The Hall–Kier alpha value is -2.05. The van der Waals surface area contributed by atoms with E-state index in [9.17, 15) is 4.79 Å². The van der Waals surface area contributed by atoms with Crippen molar-refractivity contribution in [3.63, 3.8) is 0 Å². The minimum Gasteiger partial charge on any atom is -0.497 e. The van der Waals surface area contributed by atoms with Gasteiger partial charge < -0.3 is 9.72 Å². The standard InChI is InChI=1S/C18H15BrN2O2S/c1-23-15-8-4-13(5-9-15)16-10-17(22)21-18(20-16)24-11-12-2-6-14(19)7-3-12/h2-10H,11H2,1H3,(H,20,21,22). The predicted molar refractivity (Wildman–Crippen MR) is 101 cm³/mol. The molecule has 0 unspecified atom stereocenters. The molecule has 122 valence electrons. The van der Waals surface area contributed by atoms with Crippen LogP contribution in [0.2, 0.25) is 0 Å². The predicted octanol–water partition coefficient (Wildman–Crippen LogP) is 4.50. The maximum atomic E-state index is 11.9. The second-order valence-electron chi connectivity index (χ2n) is 5.08. The maximum absolute atomic E-state index is 11.9. The molecule has 0 saturated carbocycles. The van der Waals surface area contributed by atoms with Gasteiger partial charge in [0.25, 0.3) is 5.56 Å². The highest BCUT2D eigenvalue weighted by atomic mass is 79.9. The van der Waals surface area contributed by atoms with E-state index in [2.05, 4.69) is 25.9 Å². The molecule has 1 heterocycles. The summed E-state index contributed by atoms with van der Waals surface area (Å²) in [6.45, 7) is 0. The number of aromatic nitrogens is 2. The minimum absolute atomic E-state index is 0.158. The van der Waals surface area contributed by atoms with Gasteiger partial charge in [0, 0.05) is 21.9 Å². The van der Waals surface area contributed by atoms with Gasteiger partial charge in [0.1, 0.15) is 5.75 Å². The van der Waals surface area contributed by atoms with E-state index in [0.29, 0.717) is 10.9 Å². The molecule has 3 aromatic rings. The Bertz CT molecular complexity index is 877. The van der Waals surface area contributed by atoms with Crippen LogP contribution in [0.1, 0.15) is 5.56 Å². The van der Waals surface area contributed by atoms with Gasteiger partial charge in [-0.05, 0) is 42.0 Å².